The fraction of sp³-hybridized carbons (Fsp3) is 0.143. The Balaban J connectivity index is 2.07. The Bertz CT molecular complexity index is 508. The second-order valence-electron chi connectivity index (χ2n) is 3.96. The first-order valence-electron chi connectivity index (χ1n) is 5.38. The maximum absolute atomic E-state index is 12.7. The highest BCUT2D eigenvalue weighted by Crippen LogP contribution is 2.23. The van der Waals surface area contributed by atoms with E-state index in [1.54, 1.807) is 12.1 Å². The molecule has 0 radical (unpaired) electrons. The van der Waals surface area contributed by atoms with Crippen LogP contribution in [-0.2, 0) is 6.61 Å². The van der Waals surface area contributed by atoms with E-state index in [0.29, 0.717) is 18.0 Å². The van der Waals surface area contributed by atoms with Crippen LogP contribution in [0.2, 0.25) is 0 Å². The molecule has 0 aromatic heterocycles. The number of aryl methyl sites for hydroxylation is 1. The van der Waals surface area contributed by atoms with Crippen LogP contribution in [0, 0.1) is 12.7 Å². The maximum Gasteiger partial charge on any atom is 0.142 e. The number of halogens is 1. The number of ether oxygens (including phenoxy) is 1. The molecule has 17 heavy (non-hydrogen) atoms. The monoisotopic (exact) mass is 231 g/mol. The molecule has 2 N–H and O–H groups in total. The molecule has 2 aromatic carbocycles. The molecule has 0 heterocycles. The third kappa shape index (κ3) is 2.97. The number of nitrogens with two attached hydrogens (primary N) is 1. The Labute approximate surface area is 99.8 Å². The van der Waals surface area contributed by atoms with Crippen molar-refractivity contribution in [2.45, 2.75) is 13.5 Å². The van der Waals surface area contributed by atoms with Crippen molar-refractivity contribution in [1.82, 2.24) is 0 Å². The first kappa shape index (κ1) is 11.5. The second kappa shape index (κ2) is 4.87. The lowest BCUT2D eigenvalue weighted by molar-refractivity contribution is 0.307. The second-order valence-corrected chi connectivity index (χ2v) is 3.96. The van der Waals surface area contributed by atoms with Crippen molar-refractivity contribution in [2.24, 2.45) is 0 Å². The summed E-state index contributed by atoms with van der Waals surface area (Å²) in [6.07, 6.45) is 0. The molecule has 0 atom stereocenters. The van der Waals surface area contributed by atoms with E-state index in [2.05, 4.69) is 0 Å². The molecule has 0 amide bonds. The Kier molecular flexibility index (Phi) is 3.28. The van der Waals surface area contributed by atoms with Crippen LogP contribution < -0.4 is 10.5 Å². The van der Waals surface area contributed by atoms with E-state index in [1.165, 1.54) is 12.1 Å². The van der Waals surface area contributed by atoms with Gasteiger partial charge in [-0.1, -0.05) is 18.2 Å². The molecule has 0 unspecified atom stereocenters. The Hall–Kier alpha value is -2.03. The molecule has 0 spiro atoms. The molecule has 3 heteroatoms. The van der Waals surface area contributed by atoms with Gasteiger partial charge in [-0.05, 0) is 42.3 Å². The van der Waals surface area contributed by atoms with Crippen LogP contribution in [-0.4, -0.2) is 0 Å². The van der Waals surface area contributed by atoms with Crippen LogP contribution in [0.25, 0.3) is 0 Å². The summed E-state index contributed by atoms with van der Waals surface area (Å²) in [5, 5.41) is 0. The van der Waals surface area contributed by atoms with Gasteiger partial charge in [0, 0.05) is 0 Å². The van der Waals surface area contributed by atoms with Gasteiger partial charge in [0.2, 0.25) is 0 Å². The van der Waals surface area contributed by atoms with E-state index in [4.69, 9.17) is 10.5 Å². The maximum atomic E-state index is 12.7. The zero-order valence-corrected chi connectivity index (χ0v) is 9.61. The van der Waals surface area contributed by atoms with Gasteiger partial charge in [0.1, 0.15) is 18.2 Å². The van der Waals surface area contributed by atoms with Crippen molar-refractivity contribution in [3.8, 4) is 5.75 Å². The molecule has 2 rings (SSSR count). The van der Waals surface area contributed by atoms with E-state index in [0.717, 1.165) is 11.1 Å². The van der Waals surface area contributed by atoms with Gasteiger partial charge < -0.3 is 10.5 Å². The topological polar surface area (TPSA) is 35.2 Å². The summed E-state index contributed by atoms with van der Waals surface area (Å²) in [7, 11) is 0. The highest BCUT2D eigenvalue weighted by atomic mass is 19.1. The van der Waals surface area contributed by atoms with Crippen LogP contribution in [0.4, 0.5) is 10.1 Å². The van der Waals surface area contributed by atoms with Crippen molar-refractivity contribution < 1.29 is 9.13 Å². The first-order chi connectivity index (χ1) is 8.15. The normalized spacial score (nSPS) is 10.2. The van der Waals surface area contributed by atoms with Crippen LogP contribution in [0.3, 0.4) is 0 Å². The molecule has 88 valence electrons. The molecular formula is C14H14FNO. The number of rotatable bonds is 3. The van der Waals surface area contributed by atoms with Crippen LogP contribution in [0.1, 0.15) is 11.1 Å². The zero-order valence-electron chi connectivity index (χ0n) is 9.61. The van der Waals surface area contributed by atoms with Gasteiger partial charge in [0.15, 0.2) is 0 Å². The highest BCUT2D eigenvalue weighted by molar-refractivity contribution is 5.53. The third-order valence-electron chi connectivity index (χ3n) is 2.48. The molecule has 0 saturated heterocycles. The lowest BCUT2D eigenvalue weighted by Crippen LogP contribution is -1.99. The predicted octanol–water partition coefficient (Wildman–Crippen LogP) is 3.30. The van der Waals surface area contributed by atoms with Gasteiger partial charge in [-0.25, -0.2) is 4.39 Å². The number of hydrogen-bond donors (Lipinski definition) is 1. The minimum atomic E-state index is -0.246. The van der Waals surface area contributed by atoms with E-state index in [1.807, 2.05) is 25.1 Å². The van der Waals surface area contributed by atoms with Crippen molar-refractivity contribution in [3.05, 3.63) is 59.4 Å². The fourth-order valence-electron chi connectivity index (χ4n) is 1.51. The Morgan fingerprint density at radius 2 is 1.82 bits per heavy atom. The summed E-state index contributed by atoms with van der Waals surface area (Å²) in [6.45, 7) is 2.36. The predicted molar refractivity (Wildman–Crippen MR) is 66.3 cm³/mol. The van der Waals surface area contributed by atoms with Gasteiger partial charge >= 0.3 is 0 Å². The summed E-state index contributed by atoms with van der Waals surface area (Å²) in [5.74, 6) is 0.415. The van der Waals surface area contributed by atoms with Crippen LogP contribution in [0.5, 0.6) is 5.75 Å². The van der Waals surface area contributed by atoms with Crippen molar-refractivity contribution >= 4 is 5.69 Å². The smallest absolute Gasteiger partial charge is 0.142 e. The SMILES string of the molecule is Cc1ccc(N)c(OCc2ccc(F)cc2)c1. The van der Waals surface area contributed by atoms with E-state index < -0.39 is 0 Å². The minimum Gasteiger partial charge on any atom is -0.487 e. The van der Waals surface area contributed by atoms with E-state index in [9.17, 15) is 4.39 Å². The van der Waals surface area contributed by atoms with Gasteiger partial charge in [0.05, 0.1) is 5.69 Å². The summed E-state index contributed by atoms with van der Waals surface area (Å²) < 4.78 is 18.3. The molecule has 2 aromatic rings. The molecule has 0 aliphatic rings. The zero-order chi connectivity index (χ0) is 12.3. The van der Waals surface area contributed by atoms with Crippen molar-refractivity contribution in [3.63, 3.8) is 0 Å². The van der Waals surface area contributed by atoms with E-state index >= 15 is 0 Å². The molecular weight excluding hydrogens is 217 g/mol. The molecule has 2 nitrogen and oxygen atoms in total. The van der Waals surface area contributed by atoms with Gasteiger partial charge in [0.25, 0.3) is 0 Å². The summed E-state index contributed by atoms with van der Waals surface area (Å²) >= 11 is 0. The Morgan fingerprint density at radius 3 is 2.53 bits per heavy atom. The quantitative estimate of drug-likeness (QED) is 0.822. The summed E-state index contributed by atoms with van der Waals surface area (Å²) in [4.78, 5) is 0. The average Bonchev–Trinajstić information content (AvgIpc) is 2.32. The molecule has 0 saturated carbocycles. The average molecular weight is 231 g/mol. The third-order valence-corrected chi connectivity index (χ3v) is 2.48. The lowest BCUT2D eigenvalue weighted by Gasteiger charge is -2.09. The first-order valence-corrected chi connectivity index (χ1v) is 5.38. The lowest BCUT2D eigenvalue weighted by atomic mass is 10.2. The van der Waals surface area contributed by atoms with Gasteiger partial charge in [-0.2, -0.15) is 0 Å². The van der Waals surface area contributed by atoms with Crippen LogP contribution >= 0.6 is 0 Å². The number of hydrogen-bond acceptors (Lipinski definition) is 2. The standard InChI is InChI=1S/C14H14FNO/c1-10-2-7-13(16)14(8-10)17-9-11-3-5-12(15)6-4-11/h2-8H,9,16H2,1H3. The minimum absolute atomic E-state index is 0.246. The van der Waals surface area contributed by atoms with Gasteiger partial charge in [-0.15, -0.1) is 0 Å². The Morgan fingerprint density at radius 1 is 1.12 bits per heavy atom. The van der Waals surface area contributed by atoms with Gasteiger partial charge in [-0.3, -0.25) is 0 Å². The number of benzene rings is 2. The summed E-state index contributed by atoms with van der Waals surface area (Å²) in [6, 6.07) is 11.9. The molecule has 0 fully saturated rings. The molecule has 0 bridgehead atoms. The highest BCUT2D eigenvalue weighted by Gasteiger charge is 2.01. The molecule has 0 aliphatic carbocycles. The largest absolute Gasteiger partial charge is 0.487 e. The van der Waals surface area contributed by atoms with Crippen molar-refractivity contribution in [1.29, 1.82) is 0 Å². The number of anilines is 1. The van der Waals surface area contributed by atoms with Crippen molar-refractivity contribution in [2.75, 3.05) is 5.73 Å². The van der Waals surface area contributed by atoms with E-state index in [-0.39, 0.29) is 5.82 Å². The fourth-order valence-corrected chi connectivity index (χ4v) is 1.51. The summed E-state index contributed by atoms with van der Waals surface area (Å²) in [5.41, 5.74) is 8.40. The molecule has 0 aliphatic heterocycles. The number of nitrogen functional groups attached to an aromatic ring is 1. The van der Waals surface area contributed by atoms with Crippen LogP contribution in [0.15, 0.2) is 42.5 Å².